The lowest BCUT2D eigenvalue weighted by atomic mass is 10.0. The lowest BCUT2D eigenvalue weighted by Gasteiger charge is -2.24. The molecule has 0 aromatic carbocycles. The van der Waals surface area contributed by atoms with E-state index in [-0.39, 0.29) is 11.3 Å². The molecule has 0 saturated heterocycles. The highest BCUT2D eigenvalue weighted by molar-refractivity contribution is 7.81. The number of pyridine rings is 1. The minimum Gasteiger partial charge on any atom is -0.477 e. The number of alkyl halides is 2. The van der Waals surface area contributed by atoms with Crippen LogP contribution in [-0.2, 0) is 9.59 Å². The van der Waals surface area contributed by atoms with E-state index < -0.39 is 23.8 Å². The predicted molar refractivity (Wildman–Crippen MR) is 61.6 cm³/mol. The van der Waals surface area contributed by atoms with Crippen molar-refractivity contribution in [2.75, 3.05) is 5.75 Å². The number of hydrogen-bond donors (Lipinski definition) is 3. The third-order valence-corrected chi connectivity index (χ3v) is 2.40. The third-order valence-electron chi connectivity index (χ3n) is 2.11. The molecule has 18 heavy (non-hydrogen) atoms. The molecule has 0 aliphatic carbocycles. The molecule has 0 aliphatic heterocycles. The first-order valence-corrected chi connectivity index (χ1v) is 5.44. The van der Waals surface area contributed by atoms with E-state index in [9.17, 15) is 18.4 Å². The number of aromatic nitrogens is 1. The number of nitrogens with zero attached hydrogens (tertiary/aromatic N) is 1. The van der Waals surface area contributed by atoms with Crippen molar-refractivity contribution in [1.82, 2.24) is 10.3 Å². The van der Waals surface area contributed by atoms with Gasteiger partial charge in [0.1, 0.15) is 6.04 Å². The summed E-state index contributed by atoms with van der Waals surface area (Å²) in [5.41, 5.74) is -0.0972. The molecule has 1 atom stereocenters. The number of carbonyl (C=O) groups excluding carboxylic acids is 1. The van der Waals surface area contributed by atoms with Crippen LogP contribution in [0.15, 0.2) is 24.5 Å². The second-order valence-electron chi connectivity index (χ2n) is 3.37. The molecule has 1 aromatic rings. The van der Waals surface area contributed by atoms with Gasteiger partial charge < -0.3 is 10.4 Å². The van der Waals surface area contributed by atoms with Crippen LogP contribution in [0.1, 0.15) is 11.6 Å². The summed E-state index contributed by atoms with van der Waals surface area (Å²) >= 11 is 3.63. The van der Waals surface area contributed by atoms with Gasteiger partial charge in [0.15, 0.2) is 0 Å². The standard InChI is InChI=1S/C10H10F2N2O3S/c11-10(12,9(16)17)8(14-7(15)5-18)6-2-1-3-13-4-6/h1-4,8,18H,5H2,(H,14,15)(H,16,17). The van der Waals surface area contributed by atoms with Gasteiger partial charge >= 0.3 is 11.9 Å². The summed E-state index contributed by atoms with van der Waals surface area (Å²) in [5, 5.41) is 10.4. The Morgan fingerprint density at radius 3 is 2.67 bits per heavy atom. The molecule has 5 nitrogen and oxygen atoms in total. The summed E-state index contributed by atoms with van der Waals surface area (Å²) in [6.07, 6.45) is 2.42. The van der Waals surface area contributed by atoms with Gasteiger partial charge in [0.05, 0.1) is 5.75 Å². The lowest BCUT2D eigenvalue weighted by molar-refractivity contribution is -0.170. The van der Waals surface area contributed by atoms with Crippen LogP contribution in [0, 0.1) is 0 Å². The van der Waals surface area contributed by atoms with E-state index in [1.54, 1.807) is 0 Å². The topological polar surface area (TPSA) is 79.3 Å². The van der Waals surface area contributed by atoms with Crippen molar-refractivity contribution in [3.63, 3.8) is 0 Å². The predicted octanol–water partition coefficient (Wildman–Crippen LogP) is 0.889. The zero-order valence-corrected chi connectivity index (χ0v) is 9.90. The third kappa shape index (κ3) is 3.16. The number of aliphatic carboxylic acids is 1. The fourth-order valence-corrected chi connectivity index (χ4v) is 1.35. The molecule has 2 N–H and O–H groups in total. The van der Waals surface area contributed by atoms with Crippen LogP contribution in [0.3, 0.4) is 0 Å². The number of carboxylic acids is 1. The van der Waals surface area contributed by atoms with E-state index in [2.05, 4.69) is 17.6 Å². The molecule has 0 fully saturated rings. The van der Waals surface area contributed by atoms with E-state index >= 15 is 0 Å². The van der Waals surface area contributed by atoms with E-state index in [1.807, 2.05) is 5.32 Å². The van der Waals surface area contributed by atoms with Gasteiger partial charge in [0, 0.05) is 12.4 Å². The molecule has 1 unspecified atom stereocenters. The summed E-state index contributed by atoms with van der Waals surface area (Å²) in [6, 6.07) is 0.642. The largest absolute Gasteiger partial charge is 0.477 e. The number of halogens is 2. The Hall–Kier alpha value is -1.70. The van der Waals surface area contributed by atoms with Crippen LogP contribution in [0.2, 0.25) is 0 Å². The zero-order valence-electron chi connectivity index (χ0n) is 9.01. The van der Waals surface area contributed by atoms with Crippen LogP contribution in [0.4, 0.5) is 8.78 Å². The van der Waals surface area contributed by atoms with Gasteiger partial charge in [-0.05, 0) is 11.6 Å². The van der Waals surface area contributed by atoms with Crippen LogP contribution in [0.5, 0.6) is 0 Å². The average Bonchev–Trinajstić information content (AvgIpc) is 2.36. The fourth-order valence-electron chi connectivity index (χ4n) is 1.26. The molecule has 8 heteroatoms. The highest BCUT2D eigenvalue weighted by Crippen LogP contribution is 2.31. The van der Waals surface area contributed by atoms with Crippen molar-refractivity contribution in [2.45, 2.75) is 12.0 Å². The molecule has 1 rings (SSSR count). The van der Waals surface area contributed by atoms with Crippen molar-refractivity contribution in [3.05, 3.63) is 30.1 Å². The molecule has 0 aliphatic rings. The second-order valence-corrected chi connectivity index (χ2v) is 3.69. The van der Waals surface area contributed by atoms with Crippen LogP contribution >= 0.6 is 12.6 Å². The molecule has 1 aromatic heterocycles. The van der Waals surface area contributed by atoms with Gasteiger partial charge in [0.25, 0.3) is 0 Å². The van der Waals surface area contributed by atoms with Gasteiger partial charge in [-0.15, -0.1) is 0 Å². The number of nitrogens with one attached hydrogen (secondary N) is 1. The van der Waals surface area contributed by atoms with E-state index in [4.69, 9.17) is 5.11 Å². The maximum absolute atomic E-state index is 13.5. The summed E-state index contributed by atoms with van der Waals surface area (Å²) in [7, 11) is 0. The zero-order chi connectivity index (χ0) is 13.8. The van der Waals surface area contributed by atoms with Gasteiger partial charge in [0.2, 0.25) is 5.91 Å². The Balaban J connectivity index is 3.11. The van der Waals surface area contributed by atoms with Crippen LogP contribution in [-0.4, -0.2) is 33.6 Å². The Morgan fingerprint density at radius 2 is 2.22 bits per heavy atom. The maximum atomic E-state index is 13.5. The highest BCUT2D eigenvalue weighted by Gasteiger charge is 2.49. The SMILES string of the molecule is O=C(CS)NC(c1cccnc1)C(F)(F)C(=O)O. The summed E-state index contributed by atoms with van der Waals surface area (Å²) in [6.45, 7) is 0. The van der Waals surface area contributed by atoms with E-state index in [0.29, 0.717) is 0 Å². The summed E-state index contributed by atoms with van der Waals surface area (Å²) in [4.78, 5) is 25.3. The molecule has 0 spiro atoms. The molecular weight excluding hydrogens is 266 g/mol. The molecule has 0 bridgehead atoms. The molecule has 0 saturated carbocycles. The number of carbonyl (C=O) groups is 2. The van der Waals surface area contributed by atoms with E-state index in [0.717, 1.165) is 6.20 Å². The first kappa shape index (κ1) is 14.4. The Labute approximate surface area is 107 Å². The lowest BCUT2D eigenvalue weighted by Crippen LogP contribution is -2.45. The quantitative estimate of drug-likeness (QED) is 0.698. The maximum Gasteiger partial charge on any atom is 0.377 e. The molecular formula is C10H10F2N2O3S. The van der Waals surface area contributed by atoms with E-state index in [1.165, 1.54) is 18.3 Å². The normalized spacial score (nSPS) is 12.8. The van der Waals surface area contributed by atoms with Crippen LogP contribution < -0.4 is 5.32 Å². The Bertz CT molecular complexity index is 442. The van der Waals surface area contributed by atoms with Crippen molar-refractivity contribution >= 4 is 24.5 Å². The first-order chi connectivity index (χ1) is 8.39. The Morgan fingerprint density at radius 1 is 1.56 bits per heavy atom. The van der Waals surface area contributed by atoms with Gasteiger partial charge in [-0.25, -0.2) is 4.79 Å². The van der Waals surface area contributed by atoms with Gasteiger partial charge in [-0.1, -0.05) is 6.07 Å². The monoisotopic (exact) mass is 276 g/mol. The minimum absolute atomic E-state index is 0.0972. The highest BCUT2D eigenvalue weighted by atomic mass is 32.1. The molecule has 98 valence electrons. The molecule has 0 radical (unpaired) electrons. The Kier molecular flexibility index (Phi) is 4.60. The summed E-state index contributed by atoms with van der Waals surface area (Å²) in [5.74, 6) is -7.59. The number of thiol groups is 1. The number of rotatable bonds is 5. The minimum atomic E-state index is -4.14. The van der Waals surface area contributed by atoms with Crippen LogP contribution in [0.25, 0.3) is 0 Å². The average molecular weight is 276 g/mol. The molecule has 1 heterocycles. The number of amides is 1. The molecule has 1 amide bonds. The van der Waals surface area contributed by atoms with Crippen molar-refractivity contribution in [2.24, 2.45) is 0 Å². The summed E-state index contributed by atoms with van der Waals surface area (Å²) < 4.78 is 27.1. The van der Waals surface area contributed by atoms with Crippen molar-refractivity contribution in [1.29, 1.82) is 0 Å². The smallest absolute Gasteiger partial charge is 0.377 e. The van der Waals surface area contributed by atoms with Gasteiger partial charge in [-0.3, -0.25) is 9.78 Å². The first-order valence-electron chi connectivity index (χ1n) is 4.81. The van der Waals surface area contributed by atoms with Crippen molar-refractivity contribution < 1.29 is 23.5 Å². The van der Waals surface area contributed by atoms with Crippen molar-refractivity contribution in [3.8, 4) is 0 Å². The fraction of sp³-hybridized carbons (Fsp3) is 0.300. The number of hydrogen-bond acceptors (Lipinski definition) is 4. The number of carboxylic acid groups (broad SMARTS) is 1. The second kappa shape index (κ2) is 5.76. The van der Waals surface area contributed by atoms with Gasteiger partial charge in [-0.2, -0.15) is 21.4 Å².